The fraction of sp³-hybridized carbons (Fsp3) is 0.273. The summed E-state index contributed by atoms with van der Waals surface area (Å²) in [7, 11) is 6.26. The molecule has 8 nitrogen and oxygen atoms in total. The Labute approximate surface area is 185 Å². The number of rotatable bonds is 9. The predicted molar refractivity (Wildman–Crippen MR) is 117 cm³/mol. The Morgan fingerprint density at radius 2 is 1.55 bits per heavy atom. The summed E-state index contributed by atoms with van der Waals surface area (Å²) in [5, 5.41) is 8.66. The molecule has 1 aromatic heterocycles. The molecule has 0 radical (unpaired) electrons. The molecule has 2 aromatic carbocycles. The first kappa shape index (κ1) is 22.3. The lowest BCUT2D eigenvalue weighted by molar-refractivity contribution is 0.109. The SMILES string of the molecule is COc1ccc(/C(C)=N/OCc2cc(-c3cc(OC)c(OC)cc3Cl)no2)cc1OC. The van der Waals surface area contributed by atoms with E-state index in [2.05, 4.69) is 10.3 Å². The Bertz CT molecular complexity index is 1080. The van der Waals surface area contributed by atoms with Crippen molar-refractivity contribution in [1.82, 2.24) is 5.16 Å². The van der Waals surface area contributed by atoms with Gasteiger partial charge in [-0.15, -0.1) is 0 Å². The summed E-state index contributed by atoms with van der Waals surface area (Å²) < 4.78 is 26.5. The van der Waals surface area contributed by atoms with Gasteiger partial charge < -0.3 is 28.3 Å². The van der Waals surface area contributed by atoms with Crippen LogP contribution in [0, 0.1) is 0 Å². The van der Waals surface area contributed by atoms with Crippen molar-refractivity contribution in [3.05, 3.63) is 52.7 Å². The van der Waals surface area contributed by atoms with E-state index in [4.69, 9.17) is 39.9 Å². The van der Waals surface area contributed by atoms with Crippen molar-refractivity contribution in [1.29, 1.82) is 0 Å². The maximum absolute atomic E-state index is 6.35. The summed E-state index contributed by atoms with van der Waals surface area (Å²) >= 11 is 6.35. The average Bonchev–Trinajstić information content (AvgIpc) is 3.26. The molecular formula is C22H23ClN2O6. The van der Waals surface area contributed by atoms with Crippen LogP contribution in [0.15, 0.2) is 46.1 Å². The molecule has 0 aliphatic heterocycles. The maximum atomic E-state index is 6.35. The number of halogens is 1. The van der Waals surface area contributed by atoms with Crippen LogP contribution in [0.1, 0.15) is 18.2 Å². The smallest absolute Gasteiger partial charge is 0.177 e. The minimum Gasteiger partial charge on any atom is -0.493 e. The number of aromatic nitrogens is 1. The Kier molecular flexibility index (Phi) is 7.25. The molecule has 0 spiro atoms. The molecular weight excluding hydrogens is 424 g/mol. The molecule has 0 aliphatic rings. The van der Waals surface area contributed by atoms with Crippen LogP contribution in [0.5, 0.6) is 23.0 Å². The van der Waals surface area contributed by atoms with E-state index in [0.29, 0.717) is 50.7 Å². The first-order valence-corrected chi connectivity index (χ1v) is 9.65. The molecule has 0 fully saturated rings. The maximum Gasteiger partial charge on any atom is 0.177 e. The Morgan fingerprint density at radius 1 is 0.903 bits per heavy atom. The van der Waals surface area contributed by atoms with E-state index in [1.807, 2.05) is 25.1 Å². The van der Waals surface area contributed by atoms with Crippen molar-refractivity contribution in [3.8, 4) is 34.3 Å². The third-order valence-corrected chi connectivity index (χ3v) is 4.83. The van der Waals surface area contributed by atoms with Crippen LogP contribution in [0.25, 0.3) is 11.3 Å². The highest BCUT2D eigenvalue weighted by Gasteiger charge is 2.15. The Morgan fingerprint density at radius 3 is 2.23 bits per heavy atom. The molecule has 1 heterocycles. The van der Waals surface area contributed by atoms with E-state index in [0.717, 1.165) is 5.56 Å². The molecule has 0 atom stereocenters. The van der Waals surface area contributed by atoms with Gasteiger partial charge >= 0.3 is 0 Å². The third-order valence-electron chi connectivity index (χ3n) is 4.52. The largest absolute Gasteiger partial charge is 0.493 e. The second kappa shape index (κ2) is 10.1. The van der Waals surface area contributed by atoms with Gasteiger partial charge in [-0.05, 0) is 31.2 Å². The van der Waals surface area contributed by atoms with Gasteiger partial charge in [0.15, 0.2) is 35.4 Å². The molecule has 164 valence electrons. The molecule has 0 N–H and O–H groups in total. The first-order valence-electron chi connectivity index (χ1n) is 9.27. The van der Waals surface area contributed by atoms with Crippen molar-refractivity contribution in [2.45, 2.75) is 13.5 Å². The lowest BCUT2D eigenvalue weighted by Crippen LogP contribution is -1.99. The van der Waals surface area contributed by atoms with Crippen LogP contribution >= 0.6 is 11.6 Å². The topological polar surface area (TPSA) is 84.5 Å². The van der Waals surface area contributed by atoms with Gasteiger partial charge in [0.05, 0.1) is 39.2 Å². The fourth-order valence-corrected chi connectivity index (χ4v) is 3.12. The van der Waals surface area contributed by atoms with Gasteiger partial charge in [-0.1, -0.05) is 21.9 Å². The second-order valence-electron chi connectivity index (χ2n) is 6.39. The van der Waals surface area contributed by atoms with Crippen molar-refractivity contribution in [3.63, 3.8) is 0 Å². The van der Waals surface area contributed by atoms with E-state index in [9.17, 15) is 0 Å². The van der Waals surface area contributed by atoms with Crippen LogP contribution in [-0.2, 0) is 11.4 Å². The van der Waals surface area contributed by atoms with E-state index in [-0.39, 0.29) is 6.61 Å². The van der Waals surface area contributed by atoms with Crippen molar-refractivity contribution in [2.75, 3.05) is 28.4 Å². The summed E-state index contributed by atoms with van der Waals surface area (Å²) in [6, 6.07) is 10.6. The normalized spacial score (nSPS) is 11.2. The number of ether oxygens (including phenoxy) is 4. The number of oxime groups is 1. The first-order chi connectivity index (χ1) is 15.0. The monoisotopic (exact) mass is 446 g/mol. The summed E-state index contributed by atoms with van der Waals surface area (Å²) in [4.78, 5) is 5.43. The lowest BCUT2D eigenvalue weighted by atomic mass is 10.1. The molecule has 0 aliphatic carbocycles. The molecule has 3 aromatic rings. The highest BCUT2D eigenvalue weighted by atomic mass is 35.5. The van der Waals surface area contributed by atoms with Gasteiger partial charge in [-0.25, -0.2) is 0 Å². The second-order valence-corrected chi connectivity index (χ2v) is 6.79. The zero-order chi connectivity index (χ0) is 22.4. The number of hydrogen-bond donors (Lipinski definition) is 0. The van der Waals surface area contributed by atoms with Crippen molar-refractivity contribution < 1.29 is 28.3 Å². The number of methoxy groups -OCH3 is 4. The number of benzene rings is 2. The van der Waals surface area contributed by atoms with Gasteiger partial charge in [0, 0.05) is 23.3 Å². The lowest BCUT2D eigenvalue weighted by Gasteiger charge is -2.10. The zero-order valence-corrected chi connectivity index (χ0v) is 18.6. The summed E-state index contributed by atoms with van der Waals surface area (Å²) in [5.74, 6) is 2.81. The summed E-state index contributed by atoms with van der Waals surface area (Å²) in [5.41, 5.74) is 2.71. The van der Waals surface area contributed by atoms with Gasteiger partial charge in [-0.3, -0.25) is 0 Å². The highest BCUT2D eigenvalue weighted by molar-refractivity contribution is 6.33. The van der Waals surface area contributed by atoms with Crippen LogP contribution in [-0.4, -0.2) is 39.3 Å². The van der Waals surface area contributed by atoms with Crippen LogP contribution < -0.4 is 18.9 Å². The summed E-state index contributed by atoms with van der Waals surface area (Å²) in [6.45, 7) is 1.93. The Balaban J connectivity index is 1.71. The number of hydrogen-bond acceptors (Lipinski definition) is 8. The van der Waals surface area contributed by atoms with Crippen LogP contribution in [0.3, 0.4) is 0 Å². The van der Waals surface area contributed by atoms with Gasteiger partial charge in [0.2, 0.25) is 0 Å². The fourth-order valence-electron chi connectivity index (χ4n) is 2.87. The molecule has 0 bridgehead atoms. The van der Waals surface area contributed by atoms with Crippen LogP contribution in [0.4, 0.5) is 0 Å². The molecule has 0 amide bonds. The molecule has 31 heavy (non-hydrogen) atoms. The van der Waals surface area contributed by atoms with Crippen molar-refractivity contribution >= 4 is 17.3 Å². The molecule has 0 saturated carbocycles. The van der Waals surface area contributed by atoms with Gasteiger partial charge in [0.1, 0.15) is 5.69 Å². The average molecular weight is 447 g/mol. The van der Waals surface area contributed by atoms with Gasteiger partial charge in [0.25, 0.3) is 0 Å². The van der Waals surface area contributed by atoms with E-state index >= 15 is 0 Å². The quantitative estimate of drug-likeness (QED) is 0.339. The van der Waals surface area contributed by atoms with Gasteiger partial charge in [-0.2, -0.15) is 0 Å². The minimum atomic E-state index is 0.0997. The molecule has 9 heteroatoms. The molecule has 0 unspecified atom stereocenters. The standard InChI is InChI=1S/C22H23ClN2O6/c1-13(14-6-7-19(26-2)20(8-14)27-3)24-30-12-15-9-18(25-31-15)16-10-21(28-4)22(29-5)11-17(16)23/h6-11H,12H2,1-5H3/b24-13+. The number of nitrogens with zero attached hydrogens (tertiary/aromatic N) is 2. The third kappa shape index (κ3) is 5.03. The van der Waals surface area contributed by atoms with E-state index in [1.54, 1.807) is 46.6 Å². The molecule has 3 rings (SSSR count). The zero-order valence-electron chi connectivity index (χ0n) is 17.9. The highest BCUT2D eigenvalue weighted by Crippen LogP contribution is 2.38. The minimum absolute atomic E-state index is 0.0997. The molecule has 0 saturated heterocycles. The Hall–Kier alpha value is -3.39. The van der Waals surface area contributed by atoms with Crippen molar-refractivity contribution in [2.24, 2.45) is 5.16 Å². The predicted octanol–water partition coefficient (Wildman–Crippen LogP) is 4.97. The van der Waals surface area contributed by atoms with E-state index < -0.39 is 0 Å². The summed E-state index contributed by atoms with van der Waals surface area (Å²) in [6.07, 6.45) is 0. The van der Waals surface area contributed by atoms with Crippen LogP contribution in [0.2, 0.25) is 5.02 Å². The van der Waals surface area contributed by atoms with E-state index in [1.165, 1.54) is 0 Å².